The standard InChI is InChI=1S/C7H13N3O/c1-5(4-8-3)7-9-6(2)11-10-7/h5,8H,4H2,1-3H3. The van der Waals surface area contributed by atoms with Crippen LogP contribution in [0.2, 0.25) is 0 Å². The second kappa shape index (κ2) is 3.48. The lowest BCUT2D eigenvalue weighted by atomic mass is 10.2. The molecule has 1 aromatic rings. The normalized spacial score (nSPS) is 13.4. The van der Waals surface area contributed by atoms with Gasteiger partial charge in [-0.2, -0.15) is 4.98 Å². The van der Waals surface area contributed by atoms with Crippen LogP contribution >= 0.6 is 0 Å². The first kappa shape index (κ1) is 8.20. The van der Waals surface area contributed by atoms with E-state index in [0.717, 1.165) is 12.4 Å². The van der Waals surface area contributed by atoms with Gasteiger partial charge >= 0.3 is 0 Å². The van der Waals surface area contributed by atoms with E-state index in [-0.39, 0.29) is 0 Å². The first-order chi connectivity index (χ1) is 5.24. The highest BCUT2D eigenvalue weighted by Gasteiger charge is 2.09. The molecule has 0 saturated carbocycles. The molecule has 0 spiro atoms. The molecule has 11 heavy (non-hydrogen) atoms. The van der Waals surface area contributed by atoms with Gasteiger partial charge in [-0.05, 0) is 7.05 Å². The van der Waals surface area contributed by atoms with Crippen molar-refractivity contribution in [3.8, 4) is 0 Å². The molecule has 1 aromatic heterocycles. The number of hydrogen-bond acceptors (Lipinski definition) is 4. The van der Waals surface area contributed by atoms with E-state index < -0.39 is 0 Å². The molecule has 1 heterocycles. The zero-order valence-electron chi connectivity index (χ0n) is 7.09. The SMILES string of the molecule is CNCC(C)c1noc(C)n1. The fourth-order valence-corrected chi connectivity index (χ4v) is 0.913. The molecular formula is C7H13N3O. The third-order valence-electron chi connectivity index (χ3n) is 1.49. The number of aryl methyl sites for hydroxylation is 1. The van der Waals surface area contributed by atoms with Crippen LogP contribution in [0.25, 0.3) is 0 Å². The summed E-state index contributed by atoms with van der Waals surface area (Å²) in [6, 6.07) is 0. The predicted octanol–water partition coefficient (Wildman–Crippen LogP) is 0.701. The van der Waals surface area contributed by atoms with Crippen LogP contribution in [0, 0.1) is 6.92 Å². The van der Waals surface area contributed by atoms with Gasteiger partial charge in [0.25, 0.3) is 0 Å². The minimum atomic E-state index is 0.317. The lowest BCUT2D eigenvalue weighted by molar-refractivity contribution is 0.383. The Morgan fingerprint density at radius 1 is 1.64 bits per heavy atom. The Hall–Kier alpha value is -0.900. The van der Waals surface area contributed by atoms with Crippen LogP contribution in [0.4, 0.5) is 0 Å². The van der Waals surface area contributed by atoms with E-state index in [2.05, 4.69) is 22.4 Å². The quantitative estimate of drug-likeness (QED) is 0.698. The van der Waals surface area contributed by atoms with Crippen molar-refractivity contribution in [2.75, 3.05) is 13.6 Å². The van der Waals surface area contributed by atoms with Crippen LogP contribution in [0.15, 0.2) is 4.52 Å². The first-order valence-corrected chi connectivity index (χ1v) is 3.69. The third-order valence-corrected chi connectivity index (χ3v) is 1.49. The van der Waals surface area contributed by atoms with Crippen molar-refractivity contribution in [2.24, 2.45) is 0 Å². The number of rotatable bonds is 3. The van der Waals surface area contributed by atoms with Crippen molar-refractivity contribution in [2.45, 2.75) is 19.8 Å². The highest BCUT2D eigenvalue weighted by atomic mass is 16.5. The van der Waals surface area contributed by atoms with Gasteiger partial charge in [-0.25, -0.2) is 0 Å². The Bertz CT molecular complexity index is 221. The van der Waals surface area contributed by atoms with Crippen molar-refractivity contribution >= 4 is 0 Å². The number of nitrogens with one attached hydrogen (secondary N) is 1. The Morgan fingerprint density at radius 2 is 2.36 bits per heavy atom. The molecule has 1 atom stereocenters. The highest BCUT2D eigenvalue weighted by molar-refractivity contribution is 4.92. The zero-order valence-corrected chi connectivity index (χ0v) is 7.09. The fourth-order valence-electron chi connectivity index (χ4n) is 0.913. The molecule has 0 saturated heterocycles. The molecule has 0 fully saturated rings. The monoisotopic (exact) mass is 155 g/mol. The molecule has 1 unspecified atom stereocenters. The minimum Gasteiger partial charge on any atom is -0.340 e. The summed E-state index contributed by atoms with van der Waals surface area (Å²) in [5, 5.41) is 6.86. The van der Waals surface area contributed by atoms with Crippen molar-refractivity contribution in [1.29, 1.82) is 0 Å². The summed E-state index contributed by atoms with van der Waals surface area (Å²) in [7, 11) is 1.91. The maximum absolute atomic E-state index is 4.84. The predicted molar refractivity (Wildman–Crippen MR) is 41.4 cm³/mol. The van der Waals surface area contributed by atoms with E-state index in [0.29, 0.717) is 11.8 Å². The van der Waals surface area contributed by atoms with Crippen LogP contribution in [0.1, 0.15) is 24.6 Å². The van der Waals surface area contributed by atoms with E-state index in [4.69, 9.17) is 4.52 Å². The molecule has 0 aliphatic carbocycles. The van der Waals surface area contributed by atoms with Gasteiger partial charge in [0.1, 0.15) is 0 Å². The average Bonchev–Trinajstić information content (AvgIpc) is 2.36. The molecular weight excluding hydrogens is 142 g/mol. The second-order valence-corrected chi connectivity index (χ2v) is 2.63. The van der Waals surface area contributed by atoms with Gasteiger partial charge in [-0.3, -0.25) is 0 Å². The van der Waals surface area contributed by atoms with Gasteiger partial charge in [0.15, 0.2) is 5.82 Å². The molecule has 0 aliphatic heterocycles. The molecule has 0 aromatic carbocycles. The van der Waals surface area contributed by atoms with Crippen LogP contribution in [-0.2, 0) is 0 Å². The molecule has 4 heteroatoms. The summed E-state index contributed by atoms with van der Waals surface area (Å²) in [5.41, 5.74) is 0. The molecule has 4 nitrogen and oxygen atoms in total. The summed E-state index contributed by atoms with van der Waals surface area (Å²) in [4.78, 5) is 4.11. The van der Waals surface area contributed by atoms with Crippen LogP contribution in [0.3, 0.4) is 0 Å². The van der Waals surface area contributed by atoms with Crippen molar-refractivity contribution < 1.29 is 4.52 Å². The van der Waals surface area contributed by atoms with Gasteiger partial charge in [0.05, 0.1) is 0 Å². The lowest BCUT2D eigenvalue weighted by Gasteiger charge is -2.03. The number of hydrogen-bond donors (Lipinski definition) is 1. The van der Waals surface area contributed by atoms with Crippen molar-refractivity contribution in [3.63, 3.8) is 0 Å². The topological polar surface area (TPSA) is 51.0 Å². The Labute approximate surface area is 66.0 Å². The summed E-state index contributed by atoms with van der Waals surface area (Å²) in [6.07, 6.45) is 0. The lowest BCUT2D eigenvalue weighted by Crippen LogP contribution is -2.15. The van der Waals surface area contributed by atoms with Gasteiger partial charge in [-0.1, -0.05) is 12.1 Å². The summed E-state index contributed by atoms with van der Waals surface area (Å²) in [6.45, 7) is 4.72. The van der Waals surface area contributed by atoms with E-state index in [1.54, 1.807) is 6.92 Å². The largest absolute Gasteiger partial charge is 0.340 e. The molecule has 1 rings (SSSR count). The van der Waals surface area contributed by atoms with Gasteiger partial charge in [0, 0.05) is 19.4 Å². The van der Waals surface area contributed by atoms with Crippen molar-refractivity contribution in [3.05, 3.63) is 11.7 Å². The first-order valence-electron chi connectivity index (χ1n) is 3.69. The Morgan fingerprint density at radius 3 is 2.82 bits per heavy atom. The highest BCUT2D eigenvalue weighted by Crippen LogP contribution is 2.08. The molecule has 0 radical (unpaired) electrons. The Kier molecular flexibility index (Phi) is 2.59. The number of likely N-dealkylation sites (N-methyl/N-ethyl adjacent to an activating group) is 1. The molecule has 62 valence electrons. The van der Waals surface area contributed by atoms with Crippen LogP contribution in [-0.4, -0.2) is 23.7 Å². The van der Waals surface area contributed by atoms with Gasteiger partial charge < -0.3 is 9.84 Å². The summed E-state index contributed by atoms with van der Waals surface area (Å²) < 4.78 is 4.84. The summed E-state index contributed by atoms with van der Waals surface area (Å²) in [5.74, 6) is 1.72. The second-order valence-electron chi connectivity index (χ2n) is 2.63. The molecule has 1 N–H and O–H groups in total. The van der Waals surface area contributed by atoms with Gasteiger partial charge in [0.2, 0.25) is 5.89 Å². The molecule has 0 amide bonds. The smallest absolute Gasteiger partial charge is 0.223 e. The number of nitrogens with zero attached hydrogens (tertiary/aromatic N) is 2. The maximum Gasteiger partial charge on any atom is 0.223 e. The average molecular weight is 155 g/mol. The van der Waals surface area contributed by atoms with E-state index in [1.165, 1.54) is 0 Å². The maximum atomic E-state index is 4.84. The fraction of sp³-hybridized carbons (Fsp3) is 0.714. The molecule has 0 bridgehead atoms. The van der Waals surface area contributed by atoms with Gasteiger partial charge in [-0.15, -0.1) is 0 Å². The zero-order chi connectivity index (χ0) is 8.27. The van der Waals surface area contributed by atoms with Crippen LogP contribution in [0.5, 0.6) is 0 Å². The number of aromatic nitrogens is 2. The molecule has 0 aliphatic rings. The van der Waals surface area contributed by atoms with Crippen LogP contribution < -0.4 is 5.32 Å². The van der Waals surface area contributed by atoms with Crippen molar-refractivity contribution in [1.82, 2.24) is 15.5 Å². The third kappa shape index (κ3) is 2.01. The van der Waals surface area contributed by atoms with E-state index >= 15 is 0 Å². The summed E-state index contributed by atoms with van der Waals surface area (Å²) >= 11 is 0. The Balaban J connectivity index is 2.60. The van der Waals surface area contributed by atoms with E-state index in [1.807, 2.05) is 7.05 Å². The van der Waals surface area contributed by atoms with E-state index in [9.17, 15) is 0 Å². The minimum absolute atomic E-state index is 0.317.